The summed E-state index contributed by atoms with van der Waals surface area (Å²) >= 11 is 0. The predicted octanol–water partition coefficient (Wildman–Crippen LogP) is 4.52. The Balaban J connectivity index is 2.50. The summed E-state index contributed by atoms with van der Waals surface area (Å²) in [6, 6.07) is 10.3. The summed E-state index contributed by atoms with van der Waals surface area (Å²) in [4.78, 5) is 11.9. The van der Waals surface area contributed by atoms with Gasteiger partial charge in [-0.05, 0) is 42.3 Å². The van der Waals surface area contributed by atoms with E-state index in [1.165, 1.54) is 14.2 Å². The van der Waals surface area contributed by atoms with E-state index >= 15 is 0 Å². The van der Waals surface area contributed by atoms with Crippen LogP contribution in [0.1, 0.15) is 30.9 Å². The van der Waals surface area contributed by atoms with Crippen molar-refractivity contribution in [3.63, 3.8) is 0 Å². The van der Waals surface area contributed by atoms with E-state index < -0.39 is 5.97 Å². The second kappa shape index (κ2) is 10.3. The monoisotopic (exact) mass is 386 g/mol. The van der Waals surface area contributed by atoms with Crippen LogP contribution in [0.2, 0.25) is 0 Å². The summed E-state index contributed by atoms with van der Waals surface area (Å²) in [6.45, 7) is 2.62. The summed E-state index contributed by atoms with van der Waals surface area (Å²) in [6.07, 6.45) is 3.49. The molecular weight excluding hydrogens is 360 g/mol. The van der Waals surface area contributed by atoms with Crippen LogP contribution in [0.3, 0.4) is 0 Å². The fourth-order valence-electron chi connectivity index (χ4n) is 2.64. The molecule has 6 nitrogen and oxygen atoms in total. The van der Waals surface area contributed by atoms with Gasteiger partial charge in [0.2, 0.25) is 0 Å². The van der Waals surface area contributed by atoms with Crippen LogP contribution in [0.4, 0.5) is 0 Å². The number of hydrogen-bond donors (Lipinski definition) is 1. The minimum atomic E-state index is -1.05. The van der Waals surface area contributed by atoms with Gasteiger partial charge in [-0.1, -0.05) is 19.4 Å². The number of carbonyl (C=O) groups is 1. The molecule has 0 aliphatic carbocycles. The van der Waals surface area contributed by atoms with Gasteiger partial charge in [0.25, 0.3) is 0 Å². The minimum absolute atomic E-state index is 0.117. The number of carboxylic acids is 1. The molecule has 150 valence electrons. The van der Waals surface area contributed by atoms with Crippen LogP contribution >= 0.6 is 0 Å². The van der Waals surface area contributed by atoms with Gasteiger partial charge in [0, 0.05) is 11.6 Å². The molecule has 0 aromatic heterocycles. The fraction of sp³-hybridized carbons (Fsp3) is 0.318. The molecular formula is C22H26O6. The molecule has 0 heterocycles. The zero-order valence-corrected chi connectivity index (χ0v) is 16.7. The average molecular weight is 386 g/mol. The maximum atomic E-state index is 11.9. The first-order valence-corrected chi connectivity index (χ1v) is 9.02. The van der Waals surface area contributed by atoms with Crippen molar-refractivity contribution in [1.82, 2.24) is 0 Å². The second-order valence-corrected chi connectivity index (χ2v) is 6.04. The van der Waals surface area contributed by atoms with E-state index in [9.17, 15) is 9.90 Å². The van der Waals surface area contributed by atoms with Crippen molar-refractivity contribution in [3.05, 3.63) is 47.5 Å². The third-order valence-electron chi connectivity index (χ3n) is 4.20. The molecule has 2 rings (SSSR count). The normalized spacial score (nSPS) is 11.1. The van der Waals surface area contributed by atoms with Crippen LogP contribution < -0.4 is 18.9 Å². The summed E-state index contributed by atoms with van der Waals surface area (Å²) in [5, 5.41) is 9.78. The van der Waals surface area contributed by atoms with Crippen molar-refractivity contribution >= 4 is 17.6 Å². The van der Waals surface area contributed by atoms with Gasteiger partial charge >= 0.3 is 5.97 Å². The largest absolute Gasteiger partial charge is 0.497 e. The zero-order valence-electron chi connectivity index (χ0n) is 16.7. The highest BCUT2D eigenvalue weighted by molar-refractivity contribution is 6.21. The van der Waals surface area contributed by atoms with Crippen molar-refractivity contribution in [2.45, 2.75) is 19.8 Å². The highest BCUT2D eigenvalue weighted by Gasteiger charge is 2.15. The van der Waals surface area contributed by atoms with Crippen LogP contribution in [0.15, 0.2) is 36.4 Å². The Labute approximate surface area is 165 Å². The van der Waals surface area contributed by atoms with Crippen LogP contribution in [0.25, 0.3) is 11.6 Å². The zero-order chi connectivity index (χ0) is 20.5. The maximum absolute atomic E-state index is 11.9. The lowest BCUT2D eigenvalue weighted by atomic mass is 10.0. The molecule has 0 unspecified atom stereocenters. The van der Waals surface area contributed by atoms with E-state index in [1.54, 1.807) is 49.6 Å². The summed E-state index contributed by atoms with van der Waals surface area (Å²) in [5.41, 5.74) is 1.27. The molecule has 2 aromatic rings. The molecule has 1 N–H and O–H groups in total. The predicted molar refractivity (Wildman–Crippen MR) is 108 cm³/mol. The van der Waals surface area contributed by atoms with E-state index in [4.69, 9.17) is 18.9 Å². The Morgan fingerprint density at radius 1 is 0.964 bits per heavy atom. The summed E-state index contributed by atoms with van der Waals surface area (Å²) in [5.74, 6) is 1.16. The van der Waals surface area contributed by atoms with Crippen molar-refractivity contribution in [2.75, 3.05) is 27.9 Å². The molecule has 0 radical (unpaired) electrons. The molecule has 0 bridgehead atoms. The Morgan fingerprint density at radius 2 is 1.71 bits per heavy atom. The van der Waals surface area contributed by atoms with Crippen molar-refractivity contribution in [1.29, 1.82) is 0 Å². The van der Waals surface area contributed by atoms with Gasteiger partial charge in [0.05, 0.1) is 33.5 Å². The van der Waals surface area contributed by atoms with E-state index in [0.29, 0.717) is 40.7 Å². The lowest BCUT2D eigenvalue weighted by molar-refractivity contribution is -0.130. The fourth-order valence-corrected chi connectivity index (χ4v) is 2.64. The SMILES string of the molecule is CCCCOc1cc(OC)ccc1/C=C(\C(=O)O)c1ccc(OC)c(OC)c1. The maximum Gasteiger partial charge on any atom is 0.336 e. The molecule has 0 amide bonds. The lowest BCUT2D eigenvalue weighted by Crippen LogP contribution is -2.02. The number of aliphatic carboxylic acids is 1. The van der Waals surface area contributed by atoms with E-state index in [2.05, 4.69) is 6.92 Å². The molecule has 2 aromatic carbocycles. The smallest absolute Gasteiger partial charge is 0.336 e. The Bertz CT molecular complexity index is 841. The first kappa shape index (κ1) is 21.2. The van der Waals surface area contributed by atoms with Gasteiger partial charge in [-0.15, -0.1) is 0 Å². The van der Waals surface area contributed by atoms with Crippen molar-refractivity contribution in [2.24, 2.45) is 0 Å². The van der Waals surface area contributed by atoms with Crippen LogP contribution in [-0.4, -0.2) is 39.0 Å². The van der Waals surface area contributed by atoms with Gasteiger partial charge in [0.15, 0.2) is 11.5 Å². The second-order valence-electron chi connectivity index (χ2n) is 6.04. The van der Waals surface area contributed by atoms with Gasteiger partial charge in [-0.2, -0.15) is 0 Å². The minimum Gasteiger partial charge on any atom is -0.497 e. The topological polar surface area (TPSA) is 74.2 Å². The van der Waals surface area contributed by atoms with Crippen molar-refractivity contribution in [3.8, 4) is 23.0 Å². The van der Waals surface area contributed by atoms with Crippen molar-refractivity contribution < 1.29 is 28.8 Å². The molecule has 0 spiro atoms. The molecule has 0 fully saturated rings. The highest BCUT2D eigenvalue weighted by Crippen LogP contribution is 2.33. The third-order valence-corrected chi connectivity index (χ3v) is 4.20. The molecule has 0 saturated heterocycles. The first-order valence-electron chi connectivity index (χ1n) is 9.02. The highest BCUT2D eigenvalue weighted by atomic mass is 16.5. The third kappa shape index (κ3) is 5.19. The molecule has 0 atom stereocenters. The Kier molecular flexibility index (Phi) is 7.75. The standard InChI is InChI=1S/C22H26O6/c1-5-6-11-28-20-14-17(25-2)9-7-16(20)12-18(22(23)24)15-8-10-19(26-3)21(13-15)27-4/h7-10,12-14H,5-6,11H2,1-4H3,(H,23,24)/b18-12-. The number of methoxy groups -OCH3 is 3. The number of unbranched alkanes of at least 4 members (excludes halogenated alkanes) is 1. The first-order chi connectivity index (χ1) is 13.5. The van der Waals surface area contributed by atoms with Crippen LogP contribution in [0, 0.1) is 0 Å². The molecule has 0 saturated carbocycles. The molecule has 28 heavy (non-hydrogen) atoms. The Hall–Kier alpha value is -3.15. The number of rotatable bonds is 10. The van der Waals surface area contributed by atoms with E-state index in [1.807, 2.05) is 0 Å². The average Bonchev–Trinajstić information content (AvgIpc) is 2.72. The quantitative estimate of drug-likeness (QED) is 0.368. The van der Waals surface area contributed by atoms with Gasteiger partial charge in [-0.3, -0.25) is 0 Å². The van der Waals surface area contributed by atoms with Crippen LogP contribution in [-0.2, 0) is 4.79 Å². The lowest BCUT2D eigenvalue weighted by Gasteiger charge is -2.13. The van der Waals surface area contributed by atoms with Gasteiger partial charge < -0.3 is 24.1 Å². The number of ether oxygens (including phenoxy) is 4. The van der Waals surface area contributed by atoms with Gasteiger partial charge in [0.1, 0.15) is 11.5 Å². The number of carboxylic acid groups (broad SMARTS) is 1. The number of hydrogen-bond acceptors (Lipinski definition) is 5. The molecule has 0 aliphatic heterocycles. The molecule has 6 heteroatoms. The van der Waals surface area contributed by atoms with Gasteiger partial charge in [-0.25, -0.2) is 4.79 Å². The van der Waals surface area contributed by atoms with E-state index in [-0.39, 0.29) is 5.57 Å². The molecule has 0 aliphatic rings. The Morgan fingerprint density at radius 3 is 2.32 bits per heavy atom. The summed E-state index contributed by atoms with van der Waals surface area (Å²) < 4.78 is 21.6. The van der Waals surface area contributed by atoms with E-state index in [0.717, 1.165) is 12.8 Å². The van der Waals surface area contributed by atoms with Crippen LogP contribution in [0.5, 0.6) is 23.0 Å². The summed E-state index contributed by atoms with van der Waals surface area (Å²) in [7, 11) is 4.62. The number of benzene rings is 2.